The molecule has 0 fully saturated rings. The van der Waals surface area contributed by atoms with Gasteiger partial charge in [0.2, 0.25) is 5.91 Å². The molecule has 0 spiro atoms. The van der Waals surface area contributed by atoms with Gasteiger partial charge >= 0.3 is 5.97 Å². The van der Waals surface area contributed by atoms with Crippen LogP contribution >= 0.6 is 11.8 Å². The van der Waals surface area contributed by atoms with Gasteiger partial charge in [-0.2, -0.15) is 0 Å². The molecule has 15 heavy (non-hydrogen) atoms. The van der Waals surface area contributed by atoms with Crippen LogP contribution in [0.15, 0.2) is 0 Å². The van der Waals surface area contributed by atoms with Gasteiger partial charge in [-0.25, -0.2) is 0 Å². The fourth-order valence-corrected chi connectivity index (χ4v) is 1.52. The van der Waals surface area contributed by atoms with E-state index in [0.29, 0.717) is 6.42 Å². The van der Waals surface area contributed by atoms with E-state index in [1.54, 1.807) is 0 Å². The smallest absolute Gasteiger partial charge is 0.313 e. The van der Waals surface area contributed by atoms with Crippen LogP contribution in [0.1, 0.15) is 20.3 Å². The lowest BCUT2D eigenvalue weighted by Gasteiger charge is -2.25. The van der Waals surface area contributed by atoms with Gasteiger partial charge in [0.25, 0.3) is 0 Å². The first kappa shape index (κ1) is 14.2. The molecule has 5 nitrogen and oxygen atoms in total. The number of aliphatic hydroxyl groups is 1. The number of carboxylic acid groups (broad SMARTS) is 1. The van der Waals surface area contributed by atoms with E-state index in [2.05, 4.69) is 5.32 Å². The van der Waals surface area contributed by atoms with Crippen LogP contribution in [0.4, 0.5) is 0 Å². The summed E-state index contributed by atoms with van der Waals surface area (Å²) in [6.07, 6.45) is 0.475. The van der Waals surface area contributed by atoms with Gasteiger partial charge in [0.05, 0.1) is 11.5 Å². The predicted molar refractivity (Wildman–Crippen MR) is 58.9 cm³/mol. The second-order valence-electron chi connectivity index (χ2n) is 3.79. The van der Waals surface area contributed by atoms with Crippen LogP contribution < -0.4 is 5.32 Å². The van der Waals surface area contributed by atoms with Crippen molar-refractivity contribution in [3.63, 3.8) is 0 Å². The van der Waals surface area contributed by atoms with E-state index in [1.807, 2.05) is 13.8 Å². The minimum atomic E-state index is -0.928. The highest BCUT2D eigenvalue weighted by Crippen LogP contribution is 2.08. The summed E-state index contributed by atoms with van der Waals surface area (Å²) in [7, 11) is 0. The maximum Gasteiger partial charge on any atom is 0.313 e. The van der Waals surface area contributed by atoms with Crippen molar-refractivity contribution >= 4 is 23.6 Å². The normalized spacial score (nSPS) is 11.1. The number of rotatable bonds is 7. The number of carbonyl (C=O) groups is 2. The SMILES string of the molecule is CC(C)(CCO)NC(=O)CSCC(=O)O. The maximum absolute atomic E-state index is 11.3. The van der Waals surface area contributed by atoms with Crippen molar-refractivity contribution < 1.29 is 19.8 Å². The highest BCUT2D eigenvalue weighted by atomic mass is 32.2. The first-order chi connectivity index (χ1) is 6.87. The van der Waals surface area contributed by atoms with E-state index in [9.17, 15) is 9.59 Å². The van der Waals surface area contributed by atoms with Gasteiger partial charge in [-0.05, 0) is 20.3 Å². The van der Waals surface area contributed by atoms with Crippen LogP contribution in [-0.2, 0) is 9.59 Å². The number of carboxylic acids is 1. The van der Waals surface area contributed by atoms with E-state index < -0.39 is 11.5 Å². The minimum Gasteiger partial charge on any atom is -0.481 e. The van der Waals surface area contributed by atoms with Gasteiger partial charge in [0.15, 0.2) is 0 Å². The molecule has 88 valence electrons. The van der Waals surface area contributed by atoms with Crippen molar-refractivity contribution in [1.29, 1.82) is 0 Å². The summed E-state index contributed by atoms with van der Waals surface area (Å²) in [5, 5.41) is 19.8. The average molecular weight is 235 g/mol. The molecular weight excluding hydrogens is 218 g/mol. The predicted octanol–water partition coefficient (Wildman–Crippen LogP) is 0.0814. The summed E-state index contributed by atoms with van der Waals surface area (Å²) in [5.41, 5.74) is -0.449. The zero-order valence-corrected chi connectivity index (χ0v) is 9.76. The summed E-state index contributed by atoms with van der Waals surface area (Å²) >= 11 is 1.05. The summed E-state index contributed by atoms with van der Waals surface area (Å²) in [4.78, 5) is 21.5. The molecule has 0 bridgehead atoms. The average Bonchev–Trinajstić information content (AvgIpc) is 2.01. The molecule has 0 heterocycles. The van der Waals surface area contributed by atoms with Gasteiger partial charge in [-0.3, -0.25) is 9.59 Å². The Morgan fingerprint density at radius 2 is 1.93 bits per heavy atom. The fraction of sp³-hybridized carbons (Fsp3) is 0.778. The van der Waals surface area contributed by atoms with Crippen molar-refractivity contribution in [1.82, 2.24) is 5.32 Å². The number of thioether (sulfide) groups is 1. The molecule has 0 radical (unpaired) electrons. The van der Waals surface area contributed by atoms with Gasteiger partial charge < -0.3 is 15.5 Å². The molecule has 0 rings (SSSR count). The molecule has 0 atom stereocenters. The number of amides is 1. The Balaban J connectivity index is 3.77. The minimum absolute atomic E-state index is 0.00947. The van der Waals surface area contributed by atoms with Crippen LogP contribution in [0, 0.1) is 0 Å². The number of aliphatic carboxylic acids is 1. The first-order valence-electron chi connectivity index (χ1n) is 4.59. The number of hydrogen-bond donors (Lipinski definition) is 3. The number of carbonyl (C=O) groups excluding carboxylic acids is 1. The van der Waals surface area contributed by atoms with Crippen LogP contribution in [-0.4, -0.2) is 45.7 Å². The molecular formula is C9H17NO4S. The summed E-state index contributed by atoms with van der Waals surface area (Å²) < 4.78 is 0. The molecule has 1 amide bonds. The molecule has 3 N–H and O–H groups in total. The topological polar surface area (TPSA) is 86.6 Å². The van der Waals surface area contributed by atoms with Crippen LogP contribution in [0.2, 0.25) is 0 Å². The fourth-order valence-electron chi connectivity index (χ4n) is 0.987. The van der Waals surface area contributed by atoms with Crippen LogP contribution in [0.5, 0.6) is 0 Å². The Hall–Kier alpha value is -0.750. The molecule has 6 heteroatoms. The van der Waals surface area contributed by atoms with Crippen molar-refractivity contribution in [3.05, 3.63) is 0 Å². The third-order valence-corrected chi connectivity index (χ3v) is 2.59. The lowest BCUT2D eigenvalue weighted by Crippen LogP contribution is -2.44. The molecule has 0 aromatic heterocycles. The molecule has 0 aliphatic heterocycles. The zero-order chi connectivity index (χ0) is 11.9. The summed E-state index contributed by atoms with van der Waals surface area (Å²) in [5.74, 6) is -1.09. The Bertz CT molecular complexity index is 230. The van der Waals surface area contributed by atoms with E-state index in [1.165, 1.54) is 0 Å². The monoisotopic (exact) mass is 235 g/mol. The Morgan fingerprint density at radius 1 is 1.33 bits per heavy atom. The second-order valence-corrected chi connectivity index (χ2v) is 4.78. The molecule has 0 aromatic rings. The molecule has 0 saturated carbocycles. The van der Waals surface area contributed by atoms with E-state index in [4.69, 9.17) is 10.2 Å². The summed E-state index contributed by atoms with van der Waals surface area (Å²) in [6.45, 7) is 3.63. The standard InChI is InChI=1S/C9H17NO4S/c1-9(2,3-4-11)10-7(12)5-15-6-8(13)14/h11H,3-6H2,1-2H3,(H,10,12)(H,13,14). The number of aliphatic hydroxyl groups excluding tert-OH is 1. The zero-order valence-electron chi connectivity index (χ0n) is 8.95. The van der Waals surface area contributed by atoms with Gasteiger partial charge in [-0.15, -0.1) is 11.8 Å². The lowest BCUT2D eigenvalue weighted by molar-refractivity contribution is -0.133. The first-order valence-corrected chi connectivity index (χ1v) is 5.74. The highest BCUT2D eigenvalue weighted by Gasteiger charge is 2.19. The summed E-state index contributed by atoms with van der Waals surface area (Å²) in [6, 6.07) is 0. The molecule has 0 aromatic carbocycles. The van der Waals surface area contributed by atoms with Gasteiger partial charge in [0.1, 0.15) is 0 Å². The molecule has 0 saturated heterocycles. The number of hydrogen-bond acceptors (Lipinski definition) is 4. The Kier molecular flexibility index (Phi) is 6.35. The van der Waals surface area contributed by atoms with Gasteiger partial charge in [-0.1, -0.05) is 0 Å². The van der Waals surface area contributed by atoms with Crippen LogP contribution in [0.3, 0.4) is 0 Å². The quantitative estimate of drug-likeness (QED) is 0.582. The Labute approximate surface area is 93.2 Å². The van der Waals surface area contributed by atoms with E-state index in [0.717, 1.165) is 11.8 Å². The largest absolute Gasteiger partial charge is 0.481 e. The van der Waals surface area contributed by atoms with E-state index in [-0.39, 0.29) is 24.0 Å². The van der Waals surface area contributed by atoms with Crippen molar-refractivity contribution in [2.24, 2.45) is 0 Å². The van der Waals surface area contributed by atoms with Gasteiger partial charge in [0, 0.05) is 12.1 Å². The van der Waals surface area contributed by atoms with Crippen molar-refractivity contribution in [2.75, 3.05) is 18.1 Å². The molecule has 0 aliphatic rings. The third-order valence-electron chi connectivity index (χ3n) is 1.67. The third kappa shape index (κ3) is 8.26. The van der Waals surface area contributed by atoms with Crippen molar-refractivity contribution in [3.8, 4) is 0 Å². The second kappa shape index (κ2) is 6.68. The molecule has 0 unspecified atom stereocenters. The Morgan fingerprint density at radius 3 is 2.40 bits per heavy atom. The highest BCUT2D eigenvalue weighted by molar-refractivity contribution is 8.00. The maximum atomic E-state index is 11.3. The van der Waals surface area contributed by atoms with Crippen LogP contribution in [0.25, 0.3) is 0 Å². The molecule has 0 aliphatic carbocycles. The van der Waals surface area contributed by atoms with E-state index >= 15 is 0 Å². The number of nitrogens with one attached hydrogen (secondary N) is 1. The van der Waals surface area contributed by atoms with Crippen molar-refractivity contribution in [2.45, 2.75) is 25.8 Å². The lowest BCUT2D eigenvalue weighted by atomic mass is 10.0.